The van der Waals surface area contributed by atoms with E-state index in [1.54, 1.807) is 56.3 Å². The smallest absolute Gasteiger partial charge is 0.340 e. The van der Waals surface area contributed by atoms with Crippen molar-refractivity contribution in [2.45, 2.75) is 20.0 Å². The number of aromatic nitrogens is 1. The molecule has 0 fully saturated rings. The fraction of sp³-hybridized carbons (Fsp3) is 0.200. The predicted molar refractivity (Wildman–Crippen MR) is 105 cm³/mol. The van der Waals surface area contributed by atoms with E-state index in [1.165, 1.54) is 11.7 Å². The standard InChI is InChI=1S/C20H17Cl2NO4/c1-11-18(20(25)26-3)14-6-4-5-7-16(14)23(11)19(24)12(2)27-17-9-8-13(21)10-15(17)22/h4-10,12H,1-3H3/t12-/m0/s1. The normalized spacial score (nSPS) is 12.0. The second-order valence-corrected chi connectivity index (χ2v) is 6.82. The summed E-state index contributed by atoms with van der Waals surface area (Å²) in [6, 6.07) is 11.9. The predicted octanol–water partition coefficient (Wildman–Crippen LogP) is 5.15. The molecule has 0 radical (unpaired) electrons. The molecular formula is C20H17Cl2NO4. The molecule has 0 amide bonds. The van der Waals surface area contributed by atoms with Gasteiger partial charge in [-0.1, -0.05) is 41.4 Å². The summed E-state index contributed by atoms with van der Waals surface area (Å²) in [5.41, 5.74) is 1.46. The summed E-state index contributed by atoms with van der Waals surface area (Å²) >= 11 is 12.0. The zero-order valence-corrected chi connectivity index (χ0v) is 16.5. The molecule has 0 aliphatic rings. The first kappa shape index (κ1) is 19.3. The van der Waals surface area contributed by atoms with Crippen LogP contribution in [0.15, 0.2) is 42.5 Å². The van der Waals surface area contributed by atoms with E-state index in [1.807, 2.05) is 0 Å². The second-order valence-electron chi connectivity index (χ2n) is 5.98. The average Bonchev–Trinajstić information content (AvgIpc) is 2.94. The zero-order chi connectivity index (χ0) is 19.7. The Balaban J connectivity index is 2.02. The number of rotatable bonds is 4. The maximum atomic E-state index is 13.1. The van der Waals surface area contributed by atoms with Gasteiger partial charge in [0.2, 0.25) is 0 Å². The fourth-order valence-electron chi connectivity index (χ4n) is 3.00. The Morgan fingerprint density at radius 1 is 1.11 bits per heavy atom. The average molecular weight is 406 g/mol. The molecule has 1 atom stereocenters. The minimum absolute atomic E-state index is 0.312. The number of carbonyl (C=O) groups is 2. The Hall–Kier alpha value is -2.50. The Bertz CT molecular complexity index is 1040. The van der Waals surface area contributed by atoms with E-state index in [9.17, 15) is 9.59 Å². The molecule has 0 aliphatic heterocycles. The molecule has 0 N–H and O–H groups in total. The molecule has 140 valence electrons. The molecule has 1 aromatic heterocycles. The third-order valence-corrected chi connectivity index (χ3v) is 4.80. The van der Waals surface area contributed by atoms with Crippen LogP contribution in [0, 0.1) is 6.92 Å². The highest BCUT2D eigenvalue weighted by Crippen LogP contribution is 2.30. The van der Waals surface area contributed by atoms with Gasteiger partial charge in [-0.3, -0.25) is 9.36 Å². The maximum absolute atomic E-state index is 13.1. The van der Waals surface area contributed by atoms with Gasteiger partial charge < -0.3 is 9.47 Å². The van der Waals surface area contributed by atoms with Gasteiger partial charge in [-0.25, -0.2) is 4.79 Å². The van der Waals surface area contributed by atoms with Crippen molar-refractivity contribution in [1.29, 1.82) is 0 Å². The summed E-state index contributed by atoms with van der Waals surface area (Å²) in [5, 5.41) is 1.43. The topological polar surface area (TPSA) is 57.5 Å². The SMILES string of the molecule is COC(=O)c1c(C)n(C(=O)[C@H](C)Oc2ccc(Cl)cc2Cl)c2ccccc12. The number of nitrogens with zero attached hydrogens (tertiary/aromatic N) is 1. The number of benzene rings is 2. The Morgan fingerprint density at radius 2 is 1.81 bits per heavy atom. The van der Waals surface area contributed by atoms with Crippen LogP contribution in [0.3, 0.4) is 0 Å². The lowest BCUT2D eigenvalue weighted by atomic mass is 10.1. The van der Waals surface area contributed by atoms with E-state index in [0.717, 1.165) is 0 Å². The van der Waals surface area contributed by atoms with Gasteiger partial charge in [-0.05, 0) is 38.1 Å². The first-order chi connectivity index (χ1) is 12.8. The fourth-order valence-corrected chi connectivity index (χ4v) is 3.46. The minimum Gasteiger partial charge on any atom is -0.479 e. The second kappa shape index (κ2) is 7.62. The van der Waals surface area contributed by atoms with E-state index in [4.69, 9.17) is 32.7 Å². The van der Waals surface area contributed by atoms with Crippen molar-refractivity contribution in [2.24, 2.45) is 0 Å². The third kappa shape index (κ3) is 3.53. The highest BCUT2D eigenvalue weighted by atomic mass is 35.5. The molecule has 0 aliphatic carbocycles. The van der Waals surface area contributed by atoms with Gasteiger partial charge in [0.05, 0.1) is 23.2 Å². The lowest BCUT2D eigenvalue weighted by molar-refractivity contribution is 0.0601. The van der Waals surface area contributed by atoms with Gasteiger partial charge in [0.15, 0.2) is 6.10 Å². The van der Waals surface area contributed by atoms with Crippen LogP contribution in [0.25, 0.3) is 10.9 Å². The first-order valence-electron chi connectivity index (χ1n) is 8.19. The van der Waals surface area contributed by atoms with E-state index in [-0.39, 0.29) is 5.91 Å². The lowest BCUT2D eigenvalue weighted by Gasteiger charge is -2.17. The molecule has 0 bridgehead atoms. The van der Waals surface area contributed by atoms with Crippen molar-refractivity contribution in [3.05, 3.63) is 63.8 Å². The molecule has 5 nitrogen and oxygen atoms in total. The van der Waals surface area contributed by atoms with Crippen molar-refractivity contribution in [3.8, 4) is 5.75 Å². The van der Waals surface area contributed by atoms with E-state index in [0.29, 0.717) is 38.0 Å². The van der Waals surface area contributed by atoms with Crippen LogP contribution >= 0.6 is 23.2 Å². The summed E-state index contributed by atoms with van der Waals surface area (Å²) in [6.07, 6.45) is -0.844. The molecular weight excluding hydrogens is 389 g/mol. The number of carbonyl (C=O) groups excluding carboxylic acids is 2. The summed E-state index contributed by atoms with van der Waals surface area (Å²) in [7, 11) is 1.31. The van der Waals surface area contributed by atoms with E-state index >= 15 is 0 Å². The van der Waals surface area contributed by atoms with Crippen LogP contribution in [-0.2, 0) is 4.74 Å². The van der Waals surface area contributed by atoms with E-state index in [2.05, 4.69) is 0 Å². The summed E-state index contributed by atoms with van der Waals surface area (Å²) in [5.74, 6) is -0.473. The number of halogens is 2. The molecule has 0 saturated carbocycles. The van der Waals surface area contributed by atoms with Gasteiger partial charge in [0, 0.05) is 16.1 Å². The van der Waals surface area contributed by atoms with Crippen LogP contribution in [0.5, 0.6) is 5.75 Å². The molecule has 0 saturated heterocycles. The van der Waals surface area contributed by atoms with Crippen LogP contribution in [0.4, 0.5) is 0 Å². The van der Waals surface area contributed by atoms with Crippen LogP contribution in [0.1, 0.15) is 27.8 Å². The molecule has 3 rings (SSSR count). The largest absolute Gasteiger partial charge is 0.479 e. The number of hydrogen-bond donors (Lipinski definition) is 0. The first-order valence-corrected chi connectivity index (χ1v) is 8.95. The van der Waals surface area contributed by atoms with Gasteiger partial charge in [-0.2, -0.15) is 0 Å². The Labute approximate surface area is 166 Å². The van der Waals surface area contributed by atoms with Gasteiger partial charge >= 0.3 is 5.97 Å². The number of fused-ring (bicyclic) bond motifs is 1. The van der Waals surface area contributed by atoms with Gasteiger partial charge in [0.1, 0.15) is 5.75 Å². The van der Waals surface area contributed by atoms with Crippen molar-refractivity contribution < 1.29 is 19.1 Å². The van der Waals surface area contributed by atoms with E-state index < -0.39 is 12.1 Å². The Kier molecular flexibility index (Phi) is 5.44. The van der Waals surface area contributed by atoms with Crippen LogP contribution < -0.4 is 4.74 Å². The number of methoxy groups -OCH3 is 1. The number of para-hydroxylation sites is 1. The quantitative estimate of drug-likeness (QED) is 0.563. The molecule has 0 unspecified atom stereocenters. The summed E-state index contributed by atoms with van der Waals surface area (Å²) in [4.78, 5) is 25.3. The maximum Gasteiger partial charge on any atom is 0.340 e. The third-order valence-electron chi connectivity index (χ3n) is 4.27. The molecule has 1 heterocycles. The highest BCUT2D eigenvalue weighted by Gasteiger charge is 2.27. The lowest BCUT2D eigenvalue weighted by Crippen LogP contribution is -2.30. The Morgan fingerprint density at radius 3 is 2.48 bits per heavy atom. The number of ether oxygens (including phenoxy) is 2. The van der Waals surface area contributed by atoms with Crippen LogP contribution in [0.2, 0.25) is 10.0 Å². The van der Waals surface area contributed by atoms with Crippen molar-refractivity contribution in [1.82, 2.24) is 4.57 Å². The molecule has 2 aromatic carbocycles. The van der Waals surface area contributed by atoms with Gasteiger partial charge in [-0.15, -0.1) is 0 Å². The highest BCUT2D eigenvalue weighted by molar-refractivity contribution is 6.35. The zero-order valence-electron chi connectivity index (χ0n) is 15.0. The molecule has 27 heavy (non-hydrogen) atoms. The van der Waals surface area contributed by atoms with Crippen LogP contribution in [-0.4, -0.2) is 29.7 Å². The van der Waals surface area contributed by atoms with Gasteiger partial charge in [0.25, 0.3) is 5.91 Å². The summed E-state index contributed by atoms with van der Waals surface area (Å²) < 4.78 is 12.1. The minimum atomic E-state index is -0.844. The molecule has 0 spiro atoms. The molecule has 7 heteroatoms. The number of hydrogen-bond acceptors (Lipinski definition) is 4. The van der Waals surface area contributed by atoms with Crippen molar-refractivity contribution >= 4 is 46.0 Å². The summed E-state index contributed by atoms with van der Waals surface area (Å²) in [6.45, 7) is 3.32. The number of esters is 1. The van der Waals surface area contributed by atoms with Crippen molar-refractivity contribution in [2.75, 3.05) is 7.11 Å². The molecule has 3 aromatic rings. The monoisotopic (exact) mass is 405 g/mol. The van der Waals surface area contributed by atoms with Crippen molar-refractivity contribution in [3.63, 3.8) is 0 Å².